The van der Waals surface area contributed by atoms with Crippen molar-refractivity contribution in [2.75, 3.05) is 0 Å². The van der Waals surface area contributed by atoms with Crippen molar-refractivity contribution in [2.45, 2.75) is 31.7 Å². The van der Waals surface area contributed by atoms with E-state index in [1.165, 1.54) is 6.07 Å². The van der Waals surface area contributed by atoms with E-state index in [1.807, 2.05) is 6.92 Å². The second kappa shape index (κ2) is 3.02. The lowest BCUT2D eigenvalue weighted by Crippen LogP contribution is -2.21. The van der Waals surface area contributed by atoms with Crippen molar-refractivity contribution >= 4 is 0 Å². The molecule has 0 saturated heterocycles. The van der Waals surface area contributed by atoms with Gasteiger partial charge in [0.1, 0.15) is 0 Å². The van der Waals surface area contributed by atoms with E-state index < -0.39 is 17.2 Å². The molecule has 0 spiro atoms. The Morgan fingerprint density at radius 2 is 2.00 bits per heavy atom. The van der Waals surface area contributed by atoms with E-state index in [1.54, 1.807) is 6.07 Å². The van der Waals surface area contributed by atoms with E-state index in [0.717, 1.165) is 18.4 Å². The van der Waals surface area contributed by atoms with Crippen molar-refractivity contribution in [3.05, 3.63) is 34.9 Å². The molecular weight excluding hydrogens is 184 g/mol. The number of benzene rings is 1. The lowest BCUT2D eigenvalue weighted by molar-refractivity contribution is 0.484. The first-order valence-electron chi connectivity index (χ1n) is 4.84. The number of hydrogen-bond donors (Lipinski definition) is 1. The Morgan fingerprint density at radius 1 is 1.36 bits per heavy atom. The molecule has 1 aromatic carbocycles. The van der Waals surface area contributed by atoms with Crippen LogP contribution in [0.4, 0.5) is 8.78 Å². The van der Waals surface area contributed by atoms with Crippen molar-refractivity contribution < 1.29 is 8.78 Å². The predicted octanol–water partition coefficient (Wildman–Crippen LogP) is 2.48. The summed E-state index contributed by atoms with van der Waals surface area (Å²) in [6.07, 6.45) is 2.19. The standard InChI is InChI=1S/C11H13F2N/c1-2-7-5-8(11(14)3-4-11)10(13)9(12)6-7/h5-6H,2-4,14H2,1H3. The highest BCUT2D eigenvalue weighted by atomic mass is 19.2. The van der Waals surface area contributed by atoms with Gasteiger partial charge < -0.3 is 5.73 Å². The van der Waals surface area contributed by atoms with Crippen LogP contribution in [0, 0.1) is 11.6 Å². The molecule has 1 fully saturated rings. The lowest BCUT2D eigenvalue weighted by Gasteiger charge is -2.12. The predicted molar refractivity (Wildman–Crippen MR) is 50.8 cm³/mol. The first-order chi connectivity index (χ1) is 6.57. The largest absolute Gasteiger partial charge is 0.321 e. The van der Waals surface area contributed by atoms with E-state index in [2.05, 4.69) is 0 Å². The van der Waals surface area contributed by atoms with Gasteiger partial charge in [-0.15, -0.1) is 0 Å². The maximum absolute atomic E-state index is 13.4. The van der Waals surface area contributed by atoms with Gasteiger partial charge in [0.25, 0.3) is 0 Å². The van der Waals surface area contributed by atoms with Crippen LogP contribution >= 0.6 is 0 Å². The molecule has 76 valence electrons. The molecule has 0 aromatic heterocycles. The van der Waals surface area contributed by atoms with Gasteiger partial charge in [0, 0.05) is 11.1 Å². The summed E-state index contributed by atoms with van der Waals surface area (Å²) in [4.78, 5) is 0. The molecule has 2 N–H and O–H groups in total. The molecule has 0 unspecified atom stereocenters. The van der Waals surface area contributed by atoms with Crippen LogP contribution in [0.2, 0.25) is 0 Å². The molecule has 2 rings (SSSR count). The molecule has 1 aromatic rings. The Kier molecular flexibility index (Phi) is 2.07. The minimum atomic E-state index is -0.781. The van der Waals surface area contributed by atoms with Crippen molar-refractivity contribution in [3.8, 4) is 0 Å². The zero-order valence-corrected chi connectivity index (χ0v) is 8.11. The van der Waals surface area contributed by atoms with Crippen molar-refractivity contribution in [2.24, 2.45) is 5.73 Å². The van der Waals surface area contributed by atoms with Gasteiger partial charge in [-0.2, -0.15) is 0 Å². The number of nitrogens with two attached hydrogens (primary N) is 1. The highest BCUT2D eigenvalue weighted by molar-refractivity contribution is 5.35. The SMILES string of the molecule is CCc1cc(F)c(F)c(C2(N)CC2)c1. The highest BCUT2D eigenvalue weighted by Gasteiger charge is 2.42. The van der Waals surface area contributed by atoms with Gasteiger partial charge in [0.05, 0.1) is 0 Å². The summed E-state index contributed by atoms with van der Waals surface area (Å²) < 4.78 is 26.6. The quantitative estimate of drug-likeness (QED) is 0.774. The number of halogens is 2. The topological polar surface area (TPSA) is 26.0 Å². The lowest BCUT2D eigenvalue weighted by atomic mass is 10.0. The maximum Gasteiger partial charge on any atom is 0.163 e. The second-order valence-corrected chi connectivity index (χ2v) is 3.95. The van der Waals surface area contributed by atoms with Crippen LogP contribution in [0.3, 0.4) is 0 Å². The third-order valence-electron chi connectivity index (χ3n) is 2.82. The fourth-order valence-corrected chi connectivity index (χ4v) is 1.62. The smallest absolute Gasteiger partial charge is 0.163 e. The Balaban J connectivity index is 2.52. The Bertz CT molecular complexity index is 370. The molecule has 0 aliphatic heterocycles. The van der Waals surface area contributed by atoms with E-state index in [4.69, 9.17) is 5.73 Å². The molecule has 14 heavy (non-hydrogen) atoms. The summed E-state index contributed by atoms with van der Waals surface area (Å²) in [6, 6.07) is 2.93. The van der Waals surface area contributed by atoms with Gasteiger partial charge in [-0.3, -0.25) is 0 Å². The van der Waals surface area contributed by atoms with Crippen LogP contribution in [-0.4, -0.2) is 0 Å². The number of rotatable bonds is 2. The van der Waals surface area contributed by atoms with Crippen molar-refractivity contribution in [1.82, 2.24) is 0 Å². The monoisotopic (exact) mass is 197 g/mol. The fraction of sp³-hybridized carbons (Fsp3) is 0.455. The van der Waals surface area contributed by atoms with Crippen LogP contribution in [-0.2, 0) is 12.0 Å². The third kappa shape index (κ3) is 1.42. The van der Waals surface area contributed by atoms with Gasteiger partial charge >= 0.3 is 0 Å². The first kappa shape index (κ1) is 9.59. The molecule has 0 heterocycles. The second-order valence-electron chi connectivity index (χ2n) is 3.95. The molecule has 0 amide bonds. The minimum Gasteiger partial charge on any atom is -0.321 e. The van der Waals surface area contributed by atoms with E-state index in [-0.39, 0.29) is 0 Å². The van der Waals surface area contributed by atoms with Crippen LogP contribution in [0.15, 0.2) is 12.1 Å². The molecule has 1 saturated carbocycles. The van der Waals surface area contributed by atoms with Crippen LogP contribution < -0.4 is 5.73 Å². The number of aryl methyl sites for hydroxylation is 1. The van der Waals surface area contributed by atoms with Gasteiger partial charge in [-0.25, -0.2) is 8.78 Å². The van der Waals surface area contributed by atoms with Crippen molar-refractivity contribution in [3.63, 3.8) is 0 Å². The zero-order chi connectivity index (χ0) is 10.3. The van der Waals surface area contributed by atoms with Gasteiger partial charge in [0.2, 0.25) is 0 Å². The summed E-state index contributed by atoms with van der Waals surface area (Å²) >= 11 is 0. The molecule has 1 nitrogen and oxygen atoms in total. The average molecular weight is 197 g/mol. The maximum atomic E-state index is 13.4. The Hall–Kier alpha value is -0.960. The molecule has 0 atom stereocenters. The molecule has 1 aliphatic carbocycles. The van der Waals surface area contributed by atoms with Crippen molar-refractivity contribution in [1.29, 1.82) is 0 Å². The Morgan fingerprint density at radius 3 is 2.50 bits per heavy atom. The fourth-order valence-electron chi connectivity index (χ4n) is 1.62. The van der Waals surface area contributed by atoms with Crippen LogP contribution in [0.25, 0.3) is 0 Å². The van der Waals surface area contributed by atoms with Gasteiger partial charge in [-0.05, 0) is 30.9 Å². The van der Waals surface area contributed by atoms with Crippen LogP contribution in [0.5, 0.6) is 0 Å². The van der Waals surface area contributed by atoms with E-state index in [0.29, 0.717) is 12.0 Å². The molecular formula is C11H13F2N. The minimum absolute atomic E-state index is 0.342. The molecule has 3 heteroatoms. The zero-order valence-electron chi connectivity index (χ0n) is 8.11. The summed E-state index contributed by atoms with van der Waals surface area (Å²) in [7, 11) is 0. The van der Waals surface area contributed by atoms with E-state index >= 15 is 0 Å². The van der Waals surface area contributed by atoms with E-state index in [9.17, 15) is 8.78 Å². The molecule has 0 bridgehead atoms. The first-order valence-corrected chi connectivity index (χ1v) is 4.84. The molecule has 1 aliphatic rings. The van der Waals surface area contributed by atoms with Crippen LogP contribution in [0.1, 0.15) is 30.9 Å². The normalized spacial score (nSPS) is 18.3. The Labute approximate surface area is 81.9 Å². The average Bonchev–Trinajstić information content (AvgIpc) is 2.89. The number of hydrogen-bond acceptors (Lipinski definition) is 1. The highest BCUT2D eigenvalue weighted by Crippen LogP contribution is 2.44. The molecule has 0 radical (unpaired) electrons. The third-order valence-corrected chi connectivity index (χ3v) is 2.82. The van der Waals surface area contributed by atoms with Gasteiger partial charge in [0.15, 0.2) is 11.6 Å². The summed E-state index contributed by atoms with van der Waals surface area (Å²) in [5.41, 5.74) is 6.40. The van der Waals surface area contributed by atoms with Gasteiger partial charge in [-0.1, -0.05) is 13.0 Å². The summed E-state index contributed by atoms with van der Waals surface area (Å²) in [6.45, 7) is 1.91. The summed E-state index contributed by atoms with van der Waals surface area (Å²) in [5, 5.41) is 0. The summed E-state index contributed by atoms with van der Waals surface area (Å²) in [5.74, 6) is -1.56.